The maximum absolute atomic E-state index is 13.3. The Morgan fingerprint density at radius 2 is 1.31 bits per heavy atom. The van der Waals surface area contributed by atoms with Crippen molar-refractivity contribution in [1.29, 1.82) is 0 Å². The van der Waals surface area contributed by atoms with Crippen LogP contribution >= 0.6 is 0 Å². The third kappa shape index (κ3) is 3.32. The van der Waals surface area contributed by atoms with Gasteiger partial charge in [-0.2, -0.15) is 0 Å². The molecule has 0 aromatic heterocycles. The van der Waals surface area contributed by atoms with E-state index < -0.39 is 17.7 Å². The number of esters is 2. The smallest absolute Gasteiger partial charge is 0.341 e. The van der Waals surface area contributed by atoms with E-state index in [1.807, 2.05) is 36.4 Å². The molecule has 0 heterocycles. The number of allylic oxidation sites excluding steroid dienone is 1. The van der Waals surface area contributed by atoms with E-state index in [4.69, 9.17) is 9.47 Å². The largest absolute Gasteiger partial charge is 0.410 e. The molecule has 0 amide bonds. The molecule has 32 heavy (non-hydrogen) atoms. The summed E-state index contributed by atoms with van der Waals surface area (Å²) in [5, 5.41) is 0. The molecule has 0 saturated carbocycles. The minimum atomic E-state index is -1.58. The maximum Gasteiger partial charge on any atom is 0.341 e. The molecule has 4 nitrogen and oxygen atoms in total. The van der Waals surface area contributed by atoms with E-state index in [0.29, 0.717) is 16.7 Å². The standard InChI is InChI=1S/C28H24O4/c1-19-11-10-17-23-22-16-8-9-18-24(22)28(25(19)23,31-26(29)20-12-4-2-5-13-20)32-27(30)21-14-6-3-7-15-21/h2-9,12-16,18-19H,10-11,17H2,1H3. The van der Waals surface area contributed by atoms with Gasteiger partial charge in [-0.05, 0) is 60.6 Å². The Kier molecular flexibility index (Phi) is 5.14. The highest BCUT2D eigenvalue weighted by Gasteiger charge is 2.54. The molecule has 0 saturated heterocycles. The lowest BCUT2D eigenvalue weighted by molar-refractivity contribution is -0.152. The highest BCUT2D eigenvalue weighted by Crippen LogP contribution is 2.55. The Balaban J connectivity index is 1.66. The molecule has 2 aliphatic rings. The fourth-order valence-electron chi connectivity index (χ4n) is 4.91. The number of hydrogen-bond donors (Lipinski definition) is 0. The van der Waals surface area contributed by atoms with Crippen LogP contribution in [0.4, 0.5) is 0 Å². The molecule has 2 aliphatic carbocycles. The van der Waals surface area contributed by atoms with Crippen molar-refractivity contribution in [2.45, 2.75) is 32.0 Å². The van der Waals surface area contributed by atoms with Crippen LogP contribution < -0.4 is 0 Å². The summed E-state index contributed by atoms with van der Waals surface area (Å²) in [5.41, 5.74) is 4.55. The van der Waals surface area contributed by atoms with E-state index in [-0.39, 0.29) is 5.92 Å². The van der Waals surface area contributed by atoms with Crippen molar-refractivity contribution in [2.24, 2.45) is 5.92 Å². The monoisotopic (exact) mass is 424 g/mol. The van der Waals surface area contributed by atoms with Gasteiger partial charge in [0.2, 0.25) is 0 Å². The molecule has 3 aromatic rings. The molecule has 5 rings (SSSR count). The second-order valence-electron chi connectivity index (χ2n) is 8.36. The molecule has 0 fully saturated rings. The Hall–Kier alpha value is -3.66. The van der Waals surface area contributed by atoms with E-state index in [0.717, 1.165) is 36.0 Å². The van der Waals surface area contributed by atoms with E-state index in [1.165, 1.54) is 0 Å². The third-order valence-corrected chi connectivity index (χ3v) is 6.34. The second kappa shape index (κ2) is 8.12. The Morgan fingerprint density at radius 3 is 1.91 bits per heavy atom. The van der Waals surface area contributed by atoms with E-state index in [9.17, 15) is 9.59 Å². The van der Waals surface area contributed by atoms with Crippen molar-refractivity contribution in [3.05, 3.63) is 113 Å². The molecule has 0 bridgehead atoms. The molecular formula is C28H24O4. The first kappa shape index (κ1) is 20.3. The van der Waals surface area contributed by atoms with Crippen molar-refractivity contribution in [2.75, 3.05) is 0 Å². The van der Waals surface area contributed by atoms with Crippen LogP contribution in [0.25, 0.3) is 5.57 Å². The quantitative estimate of drug-likeness (QED) is 0.373. The SMILES string of the molecule is CC1CCCC2=C1C(OC(=O)c1ccccc1)(OC(=O)c1ccccc1)c1ccccc12. The fourth-order valence-corrected chi connectivity index (χ4v) is 4.91. The lowest BCUT2D eigenvalue weighted by atomic mass is 9.82. The topological polar surface area (TPSA) is 52.6 Å². The van der Waals surface area contributed by atoms with Crippen LogP contribution in [-0.4, -0.2) is 11.9 Å². The minimum absolute atomic E-state index is 0.110. The van der Waals surface area contributed by atoms with Crippen LogP contribution in [0.15, 0.2) is 90.5 Å². The normalized spacial score (nSPS) is 18.5. The van der Waals surface area contributed by atoms with E-state index in [1.54, 1.807) is 48.5 Å². The maximum atomic E-state index is 13.3. The first-order chi connectivity index (χ1) is 15.6. The summed E-state index contributed by atoms with van der Waals surface area (Å²) < 4.78 is 12.4. The zero-order chi connectivity index (χ0) is 22.1. The average Bonchev–Trinajstić information content (AvgIpc) is 3.11. The van der Waals surface area contributed by atoms with Crippen LogP contribution in [0.3, 0.4) is 0 Å². The molecule has 160 valence electrons. The van der Waals surface area contributed by atoms with Gasteiger partial charge in [-0.25, -0.2) is 9.59 Å². The van der Waals surface area contributed by atoms with Crippen LogP contribution in [0.5, 0.6) is 0 Å². The highest BCUT2D eigenvalue weighted by molar-refractivity contribution is 5.93. The van der Waals surface area contributed by atoms with Gasteiger partial charge in [-0.15, -0.1) is 0 Å². The summed E-state index contributed by atoms with van der Waals surface area (Å²) in [5.74, 6) is -2.51. The molecule has 0 radical (unpaired) electrons. The van der Waals surface area contributed by atoms with Gasteiger partial charge in [0.15, 0.2) is 0 Å². The van der Waals surface area contributed by atoms with Crippen molar-refractivity contribution in [3.63, 3.8) is 0 Å². The number of hydrogen-bond acceptors (Lipinski definition) is 4. The number of carbonyl (C=O) groups is 2. The highest BCUT2D eigenvalue weighted by atomic mass is 16.7. The molecule has 3 aromatic carbocycles. The van der Waals surface area contributed by atoms with Gasteiger partial charge >= 0.3 is 17.7 Å². The van der Waals surface area contributed by atoms with E-state index >= 15 is 0 Å². The molecule has 4 heteroatoms. The van der Waals surface area contributed by atoms with Crippen LogP contribution in [0.1, 0.15) is 58.0 Å². The predicted molar refractivity (Wildman–Crippen MR) is 122 cm³/mol. The number of fused-ring (bicyclic) bond motifs is 2. The first-order valence-electron chi connectivity index (χ1n) is 11.0. The van der Waals surface area contributed by atoms with Gasteiger partial charge in [0.05, 0.1) is 11.1 Å². The van der Waals surface area contributed by atoms with Gasteiger partial charge in [0.25, 0.3) is 0 Å². The average molecular weight is 424 g/mol. The summed E-state index contributed by atoms with van der Waals surface area (Å²) in [4.78, 5) is 26.6. The number of carbonyl (C=O) groups excluding carboxylic acids is 2. The van der Waals surface area contributed by atoms with Gasteiger partial charge in [0, 0.05) is 11.1 Å². The van der Waals surface area contributed by atoms with Gasteiger partial charge < -0.3 is 9.47 Å². The summed E-state index contributed by atoms with van der Waals surface area (Å²) in [7, 11) is 0. The number of ether oxygens (including phenoxy) is 2. The zero-order valence-electron chi connectivity index (χ0n) is 17.9. The fraction of sp³-hybridized carbons (Fsp3) is 0.214. The van der Waals surface area contributed by atoms with Crippen LogP contribution in [0, 0.1) is 5.92 Å². The van der Waals surface area contributed by atoms with Gasteiger partial charge in [-0.1, -0.05) is 67.6 Å². The Labute approximate surface area is 187 Å². The van der Waals surface area contributed by atoms with Crippen molar-refractivity contribution < 1.29 is 19.1 Å². The van der Waals surface area contributed by atoms with Crippen molar-refractivity contribution >= 4 is 17.5 Å². The van der Waals surface area contributed by atoms with Crippen LogP contribution in [0.2, 0.25) is 0 Å². The third-order valence-electron chi connectivity index (χ3n) is 6.34. The lowest BCUT2D eigenvalue weighted by Gasteiger charge is -2.36. The number of rotatable bonds is 4. The van der Waals surface area contributed by atoms with Crippen molar-refractivity contribution in [1.82, 2.24) is 0 Å². The molecule has 0 spiro atoms. The summed E-state index contributed by atoms with van der Waals surface area (Å²) in [6, 6.07) is 25.4. The number of benzene rings is 3. The predicted octanol–water partition coefficient (Wildman–Crippen LogP) is 6.14. The second-order valence-corrected chi connectivity index (χ2v) is 8.36. The molecule has 0 aliphatic heterocycles. The molecule has 0 N–H and O–H groups in total. The van der Waals surface area contributed by atoms with Crippen LogP contribution in [-0.2, 0) is 15.3 Å². The van der Waals surface area contributed by atoms with Crippen molar-refractivity contribution in [3.8, 4) is 0 Å². The zero-order valence-corrected chi connectivity index (χ0v) is 17.9. The Morgan fingerprint density at radius 1 is 0.781 bits per heavy atom. The molecule has 1 atom stereocenters. The molecular weight excluding hydrogens is 400 g/mol. The lowest BCUT2D eigenvalue weighted by Crippen LogP contribution is -2.40. The minimum Gasteiger partial charge on any atom is -0.410 e. The molecule has 1 unspecified atom stereocenters. The Bertz CT molecular complexity index is 1140. The summed E-state index contributed by atoms with van der Waals surface area (Å²) in [6.07, 6.45) is 2.86. The summed E-state index contributed by atoms with van der Waals surface area (Å²) >= 11 is 0. The summed E-state index contributed by atoms with van der Waals surface area (Å²) in [6.45, 7) is 2.11. The van der Waals surface area contributed by atoms with Gasteiger partial charge in [-0.3, -0.25) is 0 Å². The van der Waals surface area contributed by atoms with E-state index in [2.05, 4.69) is 6.92 Å². The van der Waals surface area contributed by atoms with Gasteiger partial charge in [0.1, 0.15) is 0 Å². The first-order valence-corrected chi connectivity index (χ1v) is 11.0.